The van der Waals surface area contributed by atoms with Gasteiger partial charge >= 0.3 is 5.69 Å². The quantitative estimate of drug-likeness (QED) is 0.820. The second kappa shape index (κ2) is 4.19. The van der Waals surface area contributed by atoms with E-state index in [1.54, 1.807) is 4.68 Å². The summed E-state index contributed by atoms with van der Waals surface area (Å²) in [4.78, 5) is 12.8. The van der Waals surface area contributed by atoms with Crippen LogP contribution in [0.2, 0.25) is 0 Å². The van der Waals surface area contributed by atoms with Gasteiger partial charge in [0, 0.05) is 19.4 Å². The minimum Gasteiger partial charge on any atom is -0.393 e. The number of nitrogens with zero attached hydrogens (tertiary/aromatic N) is 3. The Morgan fingerprint density at radius 3 is 2.83 bits per heavy atom. The highest BCUT2D eigenvalue weighted by Crippen LogP contribution is 2.49. The Balaban J connectivity index is 1.83. The molecule has 1 aliphatic carbocycles. The Labute approximate surface area is 111 Å². The van der Waals surface area contributed by atoms with Crippen LogP contribution in [0.1, 0.15) is 37.9 Å². The van der Waals surface area contributed by atoms with E-state index in [2.05, 4.69) is 5.10 Å². The van der Waals surface area contributed by atoms with Crippen molar-refractivity contribution in [2.75, 3.05) is 0 Å². The van der Waals surface area contributed by atoms with Gasteiger partial charge in [-0.1, -0.05) is 12.2 Å². The summed E-state index contributed by atoms with van der Waals surface area (Å²) in [7, 11) is 0. The summed E-state index contributed by atoms with van der Waals surface area (Å²) in [6.07, 6.45) is 6.06. The zero-order chi connectivity index (χ0) is 12.8. The molecule has 2 heterocycles. The maximum atomic E-state index is 12.2. The van der Waals surface area contributed by atoms with Crippen LogP contribution in [0.4, 0.5) is 0 Å². The van der Waals surface area contributed by atoms with Crippen molar-refractivity contribution >= 4 is 17.2 Å². The number of hydrogen-bond donors (Lipinski definition) is 1. The predicted molar refractivity (Wildman–Crippen MR) is 72.5 cm³/mol. The van der Waals surface area contributed by atoms with Gasteiger partial charge in [-0.25, -0.2) is 9.48 Å². The van der Waals surface area contributed by atoms with Gasteiger partial charge < -0.3 is 5.73 Å². The summed E-state index contributed by atoms with van der Waals surface area (Å²) in [5.41, 5.74) is 5.78. The summed E-state index contributed by atoms with van der Waals surface area (Å²) in [6, 6.07) is 0. The summed E-state index contributed by atoms with van der Waals surface area (Å²) >= 11 is 4.98. The van der Waals surface area contributed by atoms with Crippen LogP contribution in [0.5, 0.6) is 0 Å². The largest absolute Gasteiger partial charge is 0.393 e. The van der Waals surface area contributed by atoms with E-state index >= 15 is 0 Å². The van der Waals surface area contributed by atoms with E-state index in [1.165, 1.54) is 0 Å². The molecule has 18 heavy (non-hydrogen) atoms. The molecular weight excluding hydrogens is 248 g/mol. The van der Waals surface area contributed by atoms with Crippen molar-refractivity contribution < 1.29 is 0 Å². The number of aromatic nitrogens is 3. The average Bonchev–Trinajstić information content (AvgIpc) is 2.99. The smallest absolute Gasteiger partial charge is 0.345 e. The van der Waals surface area contributed by atoms with Gasteiger partial charge in [0.05, 0.1) is 11.5 Å². The van der Waals surface area contributed by atoms with Gasteiger partial charge in [0.25, 0.3) is 0 Å². The topological polar surface area (TPSA) is 65.8 Å². The molecule has 1 aromatic rings. The van der Waals surface area contributed by atoms with Gasteiger partial charge in [-0.3, -0.25) is 4.57 Å². The maximum Gasteiger partial charge on any atom is 0.345 e. The van der Waals surface area contributed by atoms with Gasteiger partial charge in [0.2, 0.25) is 0 Å². The monoisotopic (exact) mass is 266 g/mol. The molecule has 1 fully saturated rings. The lowest BCUT2D eigenvalue weighted by Crippen LogP contribution is -2.30. The van der Waals surface area contributed by atoms with Crippen LogP contribution in [-0.4, -0.2) is 19.3 Å². The van der Waals surface area contributed by atoms with Crippen molar-refractivity contribution in [3.05, 3.63) is 16.3 Å². The molecule has 2 aliphatic rings. The molecule has 1 aliphatic heterocycles. The molecule has 0 aromatic carbocycles. The highest BCUT2D eigenvalue weighted by molar-refractivity contribution is 7.80. The molecule has 2 N–H and O–H groups in total. The SMILES string of the molecule is NC(=S)CC1(Cn2nc3n(c2=O)CCCC3)CC1. The number of hydrogen-bond acceptors (Lipinski definition) is 3. The highest BCUT2D eigenvalue weighted by atomic mass is 32.1. The number of nitrogens with two attached hydrogens (primary N) is 1. The van der Waals surface area contributed by atoms with E-state index in [0.29, 0.717) is 11.5 Å². The van der Waals surface area contributed by atoms with Crippen LogP contribution in [0.25, 0.3) is 0 Å². The summed E-state index contributed by atoms with van der Waals surface area (Å²) in [5, 5.41) is 4.47. The van der Waals surface area contributed by atoms with E-state index in [4.69, 9.17) is 18.0 Å². The third-order valence-electron chi connectivity index (χ3n) is 4.02. The van der Waals surface area contributed by atoms with Crippen molar-refractivity contribution in [3.63, 3.8) is 0 Å². The van der Waals surface area contributed by atoms with Crippen molar-refractivity contribution in [1.29, 1.82) is 0 Å². The van der Waals surface area contributed by atoms with E-state index in [1.807, 2.05) is 4.57 Å². The van der Waals surface area contributed by atoms with E-state index in [9.17, 15) is 4.79 Å². The van der Waals surface area contributed by atoms with Crippen molar-refractivity contribution in [2.24, 2.45) is 11.1 Å². The minimum atomic E-state index is 0.0407. The molecule has 1 aromatic heterocycles. The second-order valence-corrected chi connectivity index (χ2v) is 6.13. The fourth-order valence-electron chi connectivity index (χ4n) is 2.81. The molecule has 98 valence electrons. The molecule has 0 bridgehead atoms. The van der Waals surface area contributed by atoms with Gasteiger partial charge in [-0.15, -0.1) is 0 Å². The molecule has 0 amide bonds. The Kier molecular flexibility index (Phi) is 2.77. The zero-order valence-electron chi connectivity index (χ0n) is 10.4. The lowest BCUT2D eigenvalue weighted by Gasteiger charge is -2.12. The molecule has 0 unspecified atom stereocenters. The summed E-state index contributed by atoms with van der Waals surface area (Å²) in [5.74, 6) is 0.942. The van der Waals surface area contributed by atoms with Gasteiger partial charge in [0.15, 0.2) is 0 Å². The third-order valence-corrected chi connectivity index (χ3v) is 4.17. The lowest BCUT2D eigenvalue weighted by molar-refractivity contribution is 0.398. The van der Waals surface area contributed by atoms with E-state index in [0.717, 1.165) is 50.9 Å². The van der Waals surface area contributed by atoms with Crippen molar-refractivity contribution in [2.45, 2.75) is 51.6 Å². The van der Waals surface area contributed by atoms with Crippen molar-refractivity contribution in [3.8, 4) is 0 Å². The third kappa shape index (κ3) is 2.09. The van der Waals surface area contributed by atoms with Crippen molar-refractivity contribution in [1.82, 2.24) is 14.3 Å². The van der Waals surface area contributed by atoms with Gasteiger partial charge in [-0.2, -0.15) is 5.10 Å². The predicted octanol–water partition coefficient (Wildman–Crippen LogP) is 0.837. The van der Waals surface area contributed by atoms with E-state index in [-0.39, 0.29) is 11.1 Å². The van der Waals surface area contributed by atoms with E-state index < -0.39 is 0 Å². The first kappa shape index (κ1) is 11.9. The number of thiocarbonyl (C=S) groups is 1. The second-order valence-electron chi connectivity index (χ2n) is 5.61. The summed E-state index contributed by atoms with van der Waals surface area (Å²) < 4.78 is 3.45. The minimum absolute atomic E-state index is 0.0407. The van der Waals surface area contributed by atoms with Gasteiger partial charge in [-0.05, 0) is 31.1 Å². The Morgan fingerprint density at radius 1 is 1.44 bits per heavy atom. The number of fused-ring (bicyclic) bond motifs is 1. The van der Waals surface area contributed by atoms with Crippen LogP contribution in [-0.2, 0) is 19.5 Å². The van der Waals surface area contributed by atoms with Crippen LogP contribution < -0.4 is 11.4 Å². The van der Waals surface area contributed by atoms with Crippen LogP contribution in [0.3, 0.4) is 0 Å². The molecule has 1 saturated carbocycles. The lowest BCUT2D eigenvalue weighted by atomic mass is 10.0. The maximum absolute atomic E-state index is 12.2. The standard InChI is InChI=1S/C12H18N4OS/c13-9(18)7-12(4-5-12)8-16-11(17)15-6-2-1-3-10(15)14-16/h1-8H2,(H2,13,18). The fraction of sp³-hybridized carbons (Fsp3) is 0.750. The molecule has 0 atom stereocenters. The van der Waals surface area contributed by atoms with Crippen LogP contribution >= 0.6 is 12.2 Å². The molecule has 0 spiro atoms. The molecule has 0 radical (unpaired) electrons. The molecule has 6 heteroatoms. The Bertz CT molecular complexity index is 541. The normalized spacial score (nSPS) is 20.4. The summed E-state index contributed by atoms with van der Waals surface area (Å²) in [6.45, 7) is 1.49. The number of aryl methyl sites for hydroxylation is 1. The highest BCUT2D eigenvalue weighted by Gasteiger charge is 2.44. The van der Waals surface area contributed by atoms with Gasteiger partial charge in [0.1, 0.15) is 5.82 Å². The molecule has 5 nitrogen and oxygen atoms in total. The first-order chi connectivity index (χ1) is 8.60. The Morgan fingerprint density at radius 2 is 2.22 bits per heavy atom. The number of rotatable bonds is 4. The first-order valence-corrected chi connectivity index (χ1v) is 6.95. The molecule has 0 saturated heterocycles. The first-order valence-electron chi connectivity index (χ1n) is 6.55. The molecular formula is C12H18N4OS. The van der Waals surface area contributed by atoms with Crippen LogP contribution in [0.15, 0.2) is 4.79 Å². The van der Waals surface area contributed by atoms with Crippen LogP contribution in [0, 0.1) is 5.41 Å². The fourth-order valence-corrected chi connectivity index (χ4v) is 3.11. The Hall–Kier alpha value is -1.17. The average molecular weight is 266 g/mol. The molecule has 3 rings (SSSR count). The zero-order valence-corrected chi connectivity index (χ0v) is 11.2.